The van der Waals surface area contributed by atoms with Gasteiger partial charge in [0.05, 0.1) is 12.5 Å². The molecule has 1 aromatic heterocycles. The molecule has 0 aliphatic carbocycles. The number of hydrogen-bond donors (Lipinski definition) is 0. The molecule has 152 valence electrons. The van der Waals surface area contributed by atoms with Crippen LogP contribution < -0.4 is 0 Å². The van der Waals surface area contributed by atoms with E-state index in [1.807, 2.05) is 29.2 Å². The van der Waals surface area contributed by atoms with E-state index < -0.39 is 0 Å². The van der Waals surface area contributed by atoms with Gasteiger partial charge in [0.1, 0.15) is 0 Å². The zero-order chi connectivity index (χ0) is 20.6. The molecule has 3 rings (SSSR count). The van der Waals surface area contributed by atoms with Crippen LogP contribution in [0.1, 0.15) is 49.9 Å². The van der Waals surface area contributed by atoms with Crippen LogP contribution in [0.25, 0.3) is 0 Å². The lowest BCUT2D eigenvalue weighted by Crippen LogP contribution is -2.37. The number of hydrogen-bond acceptors (Lipinski definition) is 1. The minimum Gasteiger partial charge on any atom is -0.345 e. The third-order valence-corrected chi connectivity index (χ3v) is 5.28. The fraction of sp³-hybridized carbons (Fsp3) is 0.346. The van der Waals surface area contributed by atoms with Crippen molar-refractivity contribution in [1.82, 2.24) is 9.47 Å². The highest BCUT2D eigenvalue weighted by Crippen LogP contribution is 2.24. The van der Waals surface area contributed by atoms with Crippen molar-refractivity contribution in [2.75, 3.05) is 6.54 Å². The Morgan fingerprint density at radius 3 is 2.21 bits per heavy atom. The first-order valence-electron chi connectivity index (χ1n) is 10.6. The maximum absolute atomic E-state index is 13.5. The number of nitrogens with zero attached hydrogens (tertiary/aromatic N) is 2. The summed E-state index contributed by atoms with van der Waals surface area (Å²) in [6.45, 7) is 8.67. The number of rotatable bonds is 9. The minimum atomic E-state index is -0.0903. The molecule has 1 heterocycles. The highest BCUT2D eigenvalue weighted by atomic mass is 16.2. The van der Waals surface area contributed by atoms with Crippen molar-refractivity contribution in [3.63, 3.8) is 0 Å². The van der Waals surface area contributed by atoms with E-state index in [4.69, 9.17) is 0 Å². The first-order chi connectivity index (χ1) is 14.1. The molecular formula is C26H32N2O. The molecular weight excluding hydrogens is 356 g/mol. The lowest BCUT2D eigenvalue weighted by atomic mass is 9.94. The Balaban J connectivity index is 1.81. The largest absolute Gasteiger partial charge is 0.345 e. The molecule has 0 radical (unpaired) electrons. The number of carbonyl (C=O) groups excluding carboxylic acids is 1. The molecule has 1 amide bonds. The van der Waals surface area contributed by atoms with Gasteiger partial charge in [-0.1, -0.05) is 81.4 Å². The average molecular weight is 389 g/mol. The Morgan fingerprint density at radius 1 is 0.931 bits per heavy atom. The molecule has 0 unspecified atom stereocenters. The molecule has 0 bridgehead atoms. The van der Waals surface area contributed by atoms with Crippen molar-refractivity contribution in [3.05, 3.63) is 95.8 Å². The molecule has 0 saturated heterocycles. The second-order valence-corrected chi connectivity index (χ2v) is 8.10. The molecule has 0 fully saturated rings. The van der Waals surface area contributed by atoms with E-state index in [0.717, 1.165) is 25.1 Å². The van der Waals surface area contributed by atoms with E-state index in [0.29, 0.717) is 12.5 Å². The molecule has 1 atom stereocenters. The van der Waals surface area contributed by atoms with Crippen molar-refractivity contribution < 1.29 is 4.79 Å². The highest BCUT2D eigenvalue weighted by Gasteiger charge is 2.25. The van der Waals surface area contributed by atoms with Crippen LogP contribution in [0.2, 0.25) is 0 Å². The summed E-state index contributed by atoms with van der Waals surface area (Å²) < 4.78 is 2.25. The molecule has 3 heteroatoms. The number of carbonyl (C=O) groups is 1. The van der Waals surface area contributed by atoms with Gasteiger partial charge in [0.15, 0.2) is 0 Å². The first kappa shape index (κ1) is 20.9. The average Bonchev–Trinajstić information content (AvgIpc) is 3.16. The molecule has 3 aromatic rings. The summed E-state index contributed by atoms with van der Waals surface area (Å²) in [5.41, 5.74) is 3.54. The van der Waals surface area contributed by atoms with E-state index >= 15 is 0 Å². The Bertz CT molecular complexity index is 883. The topological polar surface area (TPSA) is 25.2 Å². The molecule has 0 aliphatic heterocycles. The van der Waals surface area contributed by atoms with Gasteiger partial charge in [0, 0.05) is 25.0 Å². The van der Waals surface area contributed by atoms with Crippen molar-refractivity contribution in [3.8, 4) is 0 Å². The maximum atomic E-state index is 13.5. The zero-order valence-electron chi connectivity index (χ0n) is 17.8. The summed E-state index contributed by atoms with van der Waals surface area (Å²) >= 11 is 0. The van der Waals surface area contributed by atoms with Gasteiger partial charge >= 0.3 is 0 Å². The Hall–Kier alpha value is -2.81. The molecule has 0 N–H and O–H groups in total. The van der Waals surface area contributed by atoms with Crippen LogP contribution in [-0.4, -0.2) is 21.9 Å². The lowest BCUT2D eigenvalue weighted by Gasteiger charge is -2.29. The van der Waals surface area contributed by atoms with Crippen LogP contribution >= 0.6 is 0 Å². The van der Waals surface area contributed by atoms with E-state index in [-0.39, 0.29) is 11.8 Å². The molecule has 0 aliphatic rings. The summed E-state index contributed by atoms with van der Waals surface area (Å²) in [5.74, 6) is 0.553. The number of amides is 1. The molecule has 0 saturated carbocycles. The van der Waals surface area contributed by atoms with Gasteiger partial charge in [-0.15, -0.1) is 0 Å². The normalized spacial score (nSPS) is 12.1. The number of benzene rings is 2. The van der Waals surface area contributed by atoms with E-state index in [1.165, 1.54) is 11.3 Å². The van der Waals surface area contributed by atoms with Gasteiger partial charge in [-0.2, -0.15) is 0 Å². The summed E-state index contributed by atoms with van der Waals surface area (Å²) in [6.07, 6.45) is 2.91. The SMILES string of the molecule is CC[C@@H](C(=O)N(Cc1cccn1Cc1ccccc1)CC(C)C)c1ccccc1. The van der Waals surface area contributed by atoms with Gasteiger partial charge in [-0.05, 0) is 35.6 Å². The highest BCUT2D eigenvalue weighted by molar-refractivity contribution is 5.83. The summed E-state index contributed by atoms with van der Waals surface area (Å²) in [7, 11) is 0. The Labute approximate surface area is 175 Å². The van der Waals surface area contributed by atoms with Crippen molar-refractivity contribution in [1.29, 1.82) is 0 Å². The van der Waals surface area contributed by atoms with Crippen LogP contribution in [0.5, 0.6) is 0 Å². The lowest BCUT2D eigenvalue weighted by molar-refractivity contribution is -0.134. The second-order valence-electron chi connectivity index (χ2n) is 8.10. The van der Waals surface area contributed by atoms with Crippen LogP contribution in [0, 0.1) is 5.92 Å². The van der Waals surface area contributed by atoms with Gasteiger partial charge < -0.3 is 9.47 Å². The van der Waals surface area contributed by atoms with E-state index in [1.54, 1.807) is 0 Å². The second kappa shape index (κ2) is 10.1. The van der Waals surface area contributed by atoms with Gasteiger partial charge in [-0.3, -0.25) is 4.79 Å². The minimum absolute atomic E-state index is 0.0903. The molecule has 3 nitrogen and oxygen atoms in total. The van der Waals surface area contributed by atoms with Gasteiger partial charge in [-0.25, -0.2) is 0 Å². The quantitative estimate of drug-likeness (QED) is 0.460. The Kier molecular flexibility index (Phi) is 7.29. The monoisotopic (exact) mass is 388 g/mol. The van der Waals surface area contributed by atoms with Crippen LogP contribution in [0.4, 0.5) is 0 Å². The molecule has 0 spiro atoms. The third kappa shape index (κ3) is 5.60. The standard InChI is InChI=1S/C26H32N2O/c1-4-25(23-14-9-6-10-15-23)26(29)28(18-21(2)3)20-24-16-11-17-27(24)19-22-12-7-5-8-13-22/h5-17,21,25H,4,18-20H2,1-3H3/t25-/m1/s1. The maximum Gasteiger partial charge on any atom is 0.230 e. The van der Waals surface area contributed by atoms with E-state index in [2.05, 4.69) is 80.1 Å². The Morgan fingerprint density at radius 2 is 1.59 bits per heavy atom. The van der Waals surface area contributed by atoms with Crippen LogP contribution in [0.15, 0.2) is 79.0 Å². The smallest absolute Gasteiger partial charge is 0.230 e. The third-order valence-electron chi connectivity index (χ3n) is 5.28. The number of aromatic nitrogens is 1. The fourth-order valence-corrected chi connectivity index (χ4v) is 3.85. The van der Waals surface area contributed by atoms with Gasteiger partial charge in [0.25, 0.3) is 0 Å². The predicted octanol–water partition coefficient (Wildman–Crippen LogP) is 5.71. The molecule has 2 aromatic carbocycles. The predicted molar refractivity (Wildman–Crippen MR) is 120 cm³/mol. The first-order valence-corrected chi connectivity index (χ1v) is 10.6. The summed E-state index contributed by atoms with van der Waals surface area (Å²) in [5, 5.41) is 0. The fourth-order valence-electron chi connectivity index (χ4n) is 3.85. The van der Waals surface area contributed by atoms with Crippen LogP contribution in [-0.2, 0) is 17.9 Å². The van der Waals surface area contributed by atoms with Crippen molar-refractivity contribution >= 4 is 5.91 Å². The summed E-state index contributed by atoms with van der Waals surface area (Å²) in [6, 6.07) is 24.8. The van der Waals surface area contributed by atoms with Gasteiger partial charge in [0.2, 0.25) is 5.91 Å². The van der Waals surface area contributed by atoms with Crippen LogP contribution in [0.3, 0.4) is 0 Å². The van der Waals surface area contributed by atoms with Crippen molar-refractivity contribution in [2.24, 2.45) is 5.92 Å². The summed E-state index contributed by atoms with van der Waals surface area (Å²) in [4.78, 5) is 15.6. The van der Waals surface area contributed by atoms with E-state index in [9.17, 15) is 4.79 Å². The molecule has 29 heavy (non-hydrogen) atoms. The zero-order valence-corrected chi connectivity index (χ0v) is 17.8. The van der Waals surface area contributed by atoms with Crippen molar-refractivity contribution in [2.45, 2.75) is 46.2 Å².